The Kier molecular flexibility index (Phi) is 7.85. The topological polar surface area (TPSA) is 69.0 Å². The van der Waals surface area contributed by atoms with Crippen LogP contribution >= 0.6 is 23.4 Å². The number of nitrogens with zero attached hydrogens (tertiary/aromatic N) is 3. The Morgan fingerprint density at radius 1 is 1.06 bits per heavy atom. The molecule has 0 bridgehead atoms. The predicted octanol–water partition coefficient (Wildman–Crippen LogP) is 6.74. The Morgan fingerprint density at radius 3 is 2.44 bits per heavy atom. The average molecular weight is 533 g/mol. The number of ether oxygens (including phenoxy) is 1. The largest absolute Gasteiger partial charge is 0.494 e. The SMILES string of the molecule is CCOc1ccc(-n2c(SCC(=O)Nc3ccc(Cl)c(C(F)(F)F)c3)nnc2-c2ccccc2)cc1. The van der Waals surface area contributed by atoms with E-state index in [2.05, 4.69) is 15.5 Å². The van der Waals surface area contributed by atoms with E-state index in [1.165, 1.54) is 6.07 Å². The molecule has 1 heterocycles. The maximum atomic E-state index is 13.1. The molecule has 0 fully saturated rings. The van der Waals surface area contributed by atoms with Crippen LogP contribution in [0.4, 0.5) is 18.9 Å². The summed E-state index contributed by atoms with van der Waals surface area (Å²) in [6.07, 6.45) is -4.63. The van der Waals surface area contributed by atoms with Gasteiger partial charge in [-0.2, -0.15) is 13.2 Å². The molecule has 0 unspecified atom stereocenters. The van der Waals surface area contributed by atoms with Crippen molar-refractivity contribution in [3.05, 3.63) is 83.4 Å². The lowest BCUT2D eigenvalue weighted by Gasteiger charge is -2.13. The molecule has 0 saturated heterocycles. The van der Waals surface area contributed by atoms with Gasteiger partial charge in [-0.05, 0) is 49.4 Å². The number of anilines is 1. The summed E-state index contributed by atoms with van der Waals surface area (Å²) < 4.78 is 46.7. The molecule has 3 aromatic carbocycles. The summed E-state index contributed by atoms with van der Waals surface area (Å²) in [4.78, 5) is 12.6. The van der Waals surface area contributed by atoms with Gasteiger partial charge in [-0.25, -0.2) is 0 Å². The van der Waals surface area contributed by atoms with E-state index in [1.807, 2.05) is 66.1 Å². The fourth-order valence-electron chi connectivity index (χ4n) is 3.38. The molecule has 0 radical (unpaired) electrons. The van der Waals surface area contributed by atoms with E-state index >= 15 is 0 Å². The maximum absolute atomic E-state index is 13.1. The van der Waals surface area contributed by atoms with Crippen LogP contribution in [0.1, 0.15) is 12.5 Å². The summed E-state index contributed by atoms with van der Waals surface area (Å²) in [7, 11) is 0. The van der Waals surface area contributed by atoms with Crippen LogP contribution in [0.15, 0.2) is 78.0 Å². The third kappa shape index (κ3) is 6.00. The van der Waals surface area contributed by atoms with Crippen molar-refractivity contribution in [2.75, 3.05) is 17.7 Å². The highest BCUT2D eigenvalue weighted by Crippen LogP contribution is 2.36. The van der Waals surface area contributed by atoms with Crippen LogP contribution in [0.2, 0.25) is 5.02 Å². The molecule has 4 aromatic rings. The van der Waals surface area contributed by atoms with Crippen LogP contribution in [0, 0.1) is 0 Å². The Labute approximate surface area is 214 Å². The van der Waals surface area contributed by atoms with Crippen LogP contribution in [0.3, 0.4) is 0 Å². The second kappa shape index (κ2) is 11.0. The van der Waals surface area contributed by atoms with Crippen LogP contribution in [0.5, 0.6) is 5.75 Å². The molecule has 6 nitrogen and oxygen atoms in total. The number of carbonyl (C=O) groups is 1. The van der Waals surface area contributed by atoms with Gasteiger partial charge in [-0.3, -0.25) is 9.36 Å². The Morgan fingerprint density at radius 2 is 1.78 bits per heavy atom. The number of hydrogen-bond donors (Lipinski definition) is 1. The van der Waals surface area contributed by atoms with Gasteiger partial charge in [0.2, 0.25) is 5.91 Å². The van der Waals surface area contributed by atoms with Crippen molar-refractivity contribution in [1.82, 2.24) is 14.8 Å². The molecule has 1 N–H and O–H groups in total. The highest BCUT2D eigenvalue weighted by Gasteiger charge is 2.33. The molecule has 1 amide bonds. The molecule has 11 heteroatoms. The number of hydrogen-bond acceptors (Lipinski definition) is 5. The van der Waals surface area contributed by atoms with Gasteiger partial charge in [0, 0.05) is 16.9 Å². The summed E-state index contributed by atoms with van der Waals surface area (Å²) >= 11 is 6.76. The smallest absolute Gasteiger partial charge is 0.417 e. The first-order valence-electron chi connectivity index (χ1n) is 10.8. The van der Waals surface area contributed by atoms with Gasteiger partial charge in [0.05, 0.1) is 22.9 Å². The molecule has 0 saturated carbocycles. The number of halogens is 4. The van der Waals surface area contributed by atoms with Gasteiger partial charge in [-0.1, -0.05) is 53.7 Å². The lowest BCUT2D eigenvalue weighted by atomic mass is 10.2. The van der Waals surface area contributed by atoms with Gasteiger partial charge in [-0.15, -0.1) is 10.2 Å². The van der Waals surface area contributed by atoms with Gasteiger partial charge >= 0.3 is 6.18 Å². The summed E-state index contributed by atoms with van der Waals surface area (Å²) in [5, 5.41) is 11.1. The Balaban J connectivity index is 1.56. The number of thioether (sulfide) groups is 1. The fraction of sp³-hybridized carbons (Fsp3) is 0.160. The number of aromatic nitrogens is 3. The first-order chi connectivity index (χ1) is 17.3. The highest BCUT2D eigenvalue weighted by molar-refractivity contribution is 7.99. The van der Waals surface area contributed by atoms with E-state index in [0.717, 1.165) is 35.1 Å². The molecule has 1 aromatic heterocycles. The quantitative estimate of drug-likeness (QED) is 0.255. The lowest BCUT2D eigenvalue weighted by molar-refractivity contribution is -0.137. The molecule has 36 heavy (non-hydrogen) atoms. The van der Waals surface area contributed by atoms with E-state index < -0.39 is 22.7 Å². The minimum absolute atomic E-state index is 0.00437. The summed E-state index contributed by atoms with van der Waals surface area (Å²) in [5.74, 6) is 0.687. The number of carbonyl (C=O) groups excluding carboxylic acids is 1. The monoisotopic (exact) mass is 532 g/mol. The molecular weight excluding hydrogens is 513 g/mol. The Bertz CT molecular complexity index is 1350. The van der Waals surface area contributed by atoms with Crippen molar-refractivity contribution in [3.8, 4) is 22.8 Å². The van der Waals surface area contributed by atoms with Crippen LogP contribution in [-0.2, 0) is 11.0 Å². The van der Waals surface area contributed by atoms with Crippen molar-refractivity contribution in [2.24, 2.45) is 0 Å². The molecule has 0 spiro atoms. The van der Waals surface area contributed by atoms with Gasteiger partial charge < -0.3 is 10.1 Å². The number of amides is 1. The third-order valence-corrected chi connectivity index (χ3v) is 6.22. The van der Waals surface area contributed by atoms with Crippen molar-refractivity contribution >= 4 is 35.0 Å². The van der Waals surface area contributed by atoms with Gasteiger partial charge in [0.25, 0.3) is 0 Å². The molecular formula is C25H20ClF3N4O2S. The standard InChI is InChI=1S/C25H20ClF3N4O2S/c1-2-35-19-11-9-18(10-12-19)33-23(16-6-4-3-5-7-16)31-32-24(33)36-15-22(34)30-17-8-13-21(26)20(14-17)25(27,28)29/h3-14H,2,15H2,1H3,(H,30,34). The van der Waals surface area contributed by atoms with E-state index in [9.17, 15) is 18.0 Å². The molecule has 0 aliphatic carbocycles. The number of nitrogens with one attached hydrogen (secondary N) is 1. The van der Waals surface area contributed by atoms with Crippen LogP contribution < -0.4 is 10.1 Å². The second-order valence-corrected chi connectivity index (χ2v) is 8.81. The van der Waals surface area contributed by atoms with E-state index in [0.29, 0.717) is 23.3 Å². The number of rotatable bonds is 8. The number of alkyl halides is 3. The van der Waals surface area contributed by atoms with Gasteiger partial charge in [0.15, 0.2) is 11.0 Å². The zero-order valence-corrected chi connectivity index (χ0v) is 20.5. The minimum Gasteiger partial charge on any atom is -0.494 e. The van der Waals surface area contributed by atoms with Crippen molar-refractivity contribution in [1.29, 1.82) is 0 Å². The first kappa shape index (κ1) is 25.6. The van der Waals surface area contributed by atoms with E-state index in [-0.39, 0.29) is 11.4 Å². The fourth-order valence-corrected chi connectivity index (χ4v) is 4.35. The van der Waals surface area contributed by atoms with Crippen LogP contribution in [-0.4, -0.2) is 33.0 Å². The molecule has 0 aliphatic rings. The predicted molar refractivity (Wildman–Crippen MR) is 134 cm³/mol. The van der Waals surface area contributed by atoms with Crippen molar-refractivity contribution in [3.63, 3.8) is 0 Å². The number of benzene rings is 3. The third-order valence-electron chi connectivity index (χ3n) is 4.96. The average Bonchev–Trinajstić information content (AvgIpc) is 3.28. The zero-order valence-electron chi connectivity index (χ0n) is 18.9. The maximum Gasteiger partial charge on any atom is 0.417 e. The first-order valence-corrected chi connectivity index (χ1v) is 12.2. The normalized spacial score (nSPS) is 11.4. The van der Waals surface area contributed by atoms with Crippen LogP contribution in [0.25, 0.3) is 17.1 Å². The highest BCUT2D eigenvalue weighted by atomic mass is 35.5. The molecule has 186 valence electrons. The molecule has 0 aliphatic heterocycles. The second-order valence-electron chi connectivity index (χ2n) is 7.46. The minimum atomic E-state index is -4.63. The van der Waals surface area contributed by atoms with Crippen molar-refractivity contribution < 1.29 is 22.7 Å². The van der Waals surface area contributed by atoms with Gasteiger partial charge in [0.1, 0.15) is 5.75 Å². The Hall–Kier alpha value is -3.50. The summed E-state index contributed by atoms with van der Waals surface area (Å²) in [5.41, 5.74) is 0.571. The summed E-state index contributed by atoms with van der Waals surface area (Å²) in [6, 6.07) is 20.0. The molecule has 0 atom stereocenters. The van der Waals surface area contributed by atoms with E-state index in [4.69, 9.17) is 16.3 Å². The zero-order chi connectivity index (χ0) is 25.7. The van der Waals surface area contributed by atoms with Crippen molar-refractivity contribution in [2.45, 2.75) is 18.3 Å². The van der Waals surface area contributed by atoms with E-state index in [1.54, 1.807) is 0 Å². The summed E-state index contributed by atoms with van der Waals surface area (Å²) in [6.45, 7) is 2.44. The lowest BCUT2D eigenvalue weighted by Crippen LogP contribution is -2.15. The molecule has 4 rings (SSSR count).